The van der Waals surface area contributed by atoms with Crippen LogP contribution in [-0.4, -0.2) is 29.1 Å². The van der Waals surface area contributed by atoms with E-state index < -0.39 is 0 Å². The number of allylic oxidation sites excluding steroid dienone is 3. The van der Waals surface area contributed by atoms with E-state index >= 15 is 0 Å². The molecule has 9 rings (SSSR count). The Kier molecular flexibility index (Phi) is 17.0. The van der Waals surface area contributed by atoms with Crippen LogP contribution in [0, 0.1) is 68.0 Å². The van der Waals surface area contributed by atoms with E-state index in [0.717, 1.165) is 56.8 Å². The zero-order valence-electron chi connectivity index (χ0n) is 33.8. The molecule has 0 aromatic heterocycles. The fraction of sp³-hybridized carbons (Fsp3) is 0.818. The summed E-state index contributed by atoms with van der Waals surface area (Å²) in [7, 11) is 0. The Bertz CT molecular complexity index is 1460. The van der Waals surface area contributed by atoms with Gasteiger partial charge in [-0.3, -0.25) is 9.59 Å². The van der Waals surface area contributed by atoms with E-state index in [9.17, 15) is 14.7 Å². The number of aliphatic hydroxyl groups excluding tert-OH is 1. The molecule has 3 spiro atoms. The van der Waals surface area contributed by atoms with Crippen molar-refractivity contribution in [3.63, 3.8) is 0 Å². The third-order valence-electron chi connectivity index (χ3n) is 17.9. The molecule has 6 bridgehead atoms. The maximum atomic E-state index is 12.1. The molecule has 0 saturated heterocycles. The van der Waals surface area contributed by atoms with Gasteiger partial charge in [-0.25, -0.2) is 0 Å². The normalized spacial score (nSPS) is 43.0. The zero-order chi connectivity index (χ0) is 39.5. The van der Waals surface area contributed by atoms with E-state index in [1.807, 2.05) is 0 Å². The number of carbonyl (C=O) groups is 2. The monoisotopic (exact) mass is 1420 g/mol. The fourth-order valence-corrected chi connectivity index (χ4v) is 14.2. The molecule has 1 N–H and O–H groups in total. The van der Waals surface area contributed by atoms with Gasteiger partial charge in [0, 0.05) is 66.8 Å². The van der Waals surface area contributed by atoms with E-state index in [0.29, 0.717) is 48.1 Å². The molecule has 0 amide bonds. The molecule has 9 aliphatic carbocycles. The number of esters is 1. The molecule has 0 heterocycles. The summed E-state index contributed by atoms with van der Waals surface area (Å²) in [6, 6.07) is 0. The average molecular weight is 1420 g/mol. The summed E-state index contributed by atoms with van der Waals surface area (Å²) in [6.45, 7) is 28.8. The van der Waals surface area contributed by atoms with Gasteiger partial charge in [0.2, 0.25) is 0 Å². The van der Waals surface area contributed by atoms with Gasteiger partial charge >= 0.3 is 56.5 Å². The van der Waals surface area contributed by atoms with E-state index in [1.165, 1.54) is 75.0 Å². The first kappa shape index (κ1) is 49.4. The molecule has 0 aromatic carbocycles. The van der Waals surface area contributed by atoms with Gasteiger partial charge in [-0.15, -0.1) is 24.0 Å². The molecule has 310 valence electrons. The van der Waals surface area contributed by atoms with Crippen LogP contribution in [0.3, 0.4) is 0 Å². The average Bonchev–Trinajstić information content (AvgIpc) is 3.96. The van der Waals surface area contributed by atoms with Gasteiger partial charge in [0.05, 0.1) is 6.10 Å². The molecule has 9 aliphatic rings. The summed E-state index contributed by atoms with van der Waals surface area (Å²) in [4.78, 5) is 23.4. The van der Waals surface area contributed by atoms with Crippen LogP contribution in [0.1, 0.15) is 145 Å². The Morgan fingerprint density at radius 3 is 1.65 bits per heavy atom. The van der Waals surface area contributed by atoms with Crippen molar-refractivity contribution in [3.05, 3.63) is 36.5 Å². The Hall–Kier alpha value is 2.70. The first-order valence-electron chi connectivity index (χ1n) is 20.2. The summed E-state index contributed by atoms with van der Waals surface area (Å²) in [6.07, 6.45) is 17.5. The zero-order valence-corrected chi connectivity index (χ0v) is 46.9. The molecule has 0 aromatic rings. The van der Waals surface area contributed by atoms with E-state index in [-0.39, 0.29) is 69.2 Å². The number of halogens is 6. The first-order valence-corrected chi connectivity index (χ1v) is 39.1. The van der Waals surface area contributed by atoms with E-state index in [1.54, 1.807) is 0 Å². The first-order chi connectivity index (χ1) is 24.8. The molecule has 0 radical (unpaired) electrons. The van der Waals surface area contributed by atoms with Crippen molar-refractivity contribution in [3.8, 4) is 0 Å². The van der Waals surface area contributed by atoms with Gasteiger partial charge in [0.1, 0.15) is 11.9 Å². The molecule has 0 unspecified atom stereocenters. The number of rotatable bonds is 1. The van der Waals surface area contributed by atoms with Crippen LogP contribution >= 0.6 is 98.4 Å². The maximum absolute atomic E-state index is 12.1. The van der Waals surface area contributed by atoms with Crippen molar-refractivity contribution >= 4 is 110 Å². The van der Waals surface area contributed by atoms with Crippen molar-refractivity contribution in [2.75, 3.05) is 0 Å². The molecule has 54 heavy (non-hydrogen) atoms. The molecule has 11 atom stereocenters. The summed E-state index contributed by atoms with van der Waals surface area (Å²) in [5, 5.41) is 10.2. The number of hydrogen-bond acceptors (Lipinski definition) is 4. The molecule has 9 saturated carbocycles. The number of hydrogen-bond donors (Lipinski definition) is 1. The standard InChI is InChI=1S/C16H24O2.C14H22O.C14H20O.I3.I2.HI/c1-10-13-5-6-14(18-11(2)17)16(13)8-7-12(9-16)15(10,3)4;2*1-9-11-4-5-12(15)14(11)7-6-10(8-14)13(9,2)3;1-3-2;1-2;/h12-14H,1,5-9H2,2-4H3;10-12,15H,1,4-8H2,2-3H3;10-11H,1,4-8H2,2-3H3;;;1H/q;;;-1;;/t12-,13-,14-,16-;10-,11-,12-,14-;10-,11-,14-;;;/m111.../s1. The molecule has 0 aliphatic heterocycles. The second kappa shape index (κ2) is 18.6. The van der Waals surface area contributed by atoms with E-state index in [4.69, 9.17) is 4.74 Å². The van der Waals surface area contributed by atoms with Gasteiger partial charge in [0.15, 0.2) is 0 Å². The Labute approximate surface area is 398 Å². The summed E-state index contributed by atoms with van der Waals surface area (Å²) >= 11 is 9.54. The van der Waals surface area contributed by atoms with Crippen LogP contribution in [0.4, 0.5) is 0 Å². The van der Waals surface area contributed by atoms with Crippen LogP contribution in [0.15, 0.2) is 36.5 Å². The van der Waals surface area contributed by atoms with Crippen molar-refractivity contribution in [1.29, 1.82) is 0 Å². The van der Waals surface area contributed by atoms with Crippen molar-refractivity contribution < 1.29 is 32.7 Å². The number of ketones is 1. The van der Waals surface area contributed by atoms with Crippen LogP contribution < -0.4 is 13.3 Å². The van der Waals surface area contributed by atoms with Crippen LogP contribution in [-0.2, 0) is 14.3 Å². The number of Topliss-reactive ketones (excluding diaryl/α,β-unsaturated/α-hetero) is 1. The number of carbonyl (C=O) groups excluding carboxylic acids is 2. The third-order valence-corrected chi connectivity index (χ3v) is 17.9. The van der Waals surface area contributed by atoms with Crippen LogP contribution in [0.2, 0.25) is 0 Å². The Balaban J connectivity index is 0.000000169. The van der Waals surface area contributed by atoms with Gasteiger partial charge in [-0.2, -0.15) is 0 Å². The predicted molar refractivity (Wildman–Crippen MR) is 264 cm³/mol. The molecular formula is C44H67I6O4-. The third kappa shape index (κ3) is 8.20. The number of aliphatic hydroxyl groups is 1. The number of fused-ring (bicyclic) bond motifs is 3. The SMILES string of the molecule is C=C1[C@H]2CCC(=O)[C@@]23CC[C@H](C3)C1(C)C.C=C1[C@H]2CC[C@@H](O)[C@@]23CC[C@H](C3)C1(C)C.C=C1[C@H]2CC[C@@H](OC(C)=O)[C@@]23CC[C@H](C3)C1(C)C.I.II.I[I-]I. The van der Waals surface area contributed by atoms with E-state index in [2.05, 4.69) is 136 Å². The van der Waals surface area contributed by atoms with Gasteiger partial charge in [0.25, 0.3) is 0 Å². The van der Waals surface area contributed by atoms with Gasteiger partial charge < -0.3 is 9.84 Å². The van der Waals surface area contributed by atoms with Crippen molar-refractivity contribution in [1.82, 2.24) is 0 Å². The fourth-order valence-electron chi connectivity index (χ4n) is 14.2. The Morgan fingerprint density at radius 2 is 1.11 bits per heavy atom. The molecule has 10 heteroatoms. The van der Waals surface area contributed by atoms with Gasteiger partial charge in [-0.05, 0) is 142 Å². The van der Waals surface area contributed by atoms with Crippen molar-refractivity contribution in [2.24, 2.45) is 68.0 Å². The second-order valence-electron chi connectivity index (χ2n) is 20.1. The van der Waals surface area contributed by atoms with Gasteiger partial charge in [-0.1, -0.05) is 78.0 Å². The minimum atomic E-state index is -0.117. The molecule has 4 nitrogen and oxygen atoms in total. The summed E-state index contributed by atoms with van der Waals surface area (Å²) in [5.41, 5.74) is 5.64. The summed E-state index contributed by atoms with van der Waals surface area (Å²) < 4.78 is 5.64. The second-order valence-corrected chi connectivity index (χ2v) is 36.4. The summed E-state index contributed by atoms with van der Waals surface area (Å²) in [5.74, 6) is 4.35. The number of ether oxygens (including phenoxy) is 1. The van der Waals surface area contributed by atoms with Crippen LogP contribution in [0.5, 0.6) is 0 Å². The van der Waals surface area contributed by atoms with Crippen molar-refractivity contribution in [2.45, 2.75) is 157 Å². The molecular weight excluding hydrogens is 1350 g/mol. The van der Waals surface area contributed by atoms with Crippen LogP contribution in [0.25, 0.3) is 0 Å². The predicted octanol–water partition coefficient (Wildman–Crippen LogP) is 11.4. The Morgan fingerprint density at radius 1 is 0.685 bits per heavy atom. The quantitative estimate of drug-likeness (QED) is 0.161. The molecule has 9 fully saturated rings. The minimum absolute atomic E-state index is 0. The topological polar surface area (TPSA) is 63.6 Å².